The van der Waals surface area contributed by atoms with Crippen molar-refractivity contribution in [1.29, 1.82) is 0 Å². The smallest absolute Gasteiger partial charge is 0.145 e. The molecular weight excluding hydrogens is 320 g/mol. The Morgan fingerprint density at radius 1 is 1.29 bits per heavy atom. The number of thiophene rings is 1. The maximum absolute atomic E-state index is 5.73. The van der Waals surface area contributed by atoms with Crippen LogP contribution in [0.5, 0.6) is 0 Å². The van der Waals surface area contributed by atoms with Crippen LogP contribution in [0.15, 0.2) is 12.1 Å². The number of H-pyrrole nitrogens is 1. The van der Waals surface area contributed by atoms with E-state index < -0.39 is 0 Å². The number of anilines is 2. The Balaban J connectivity index is 1.59. The quantitative estimate of drug-likeness (QED) is 0.763. The second kappa shape index (κ2) is 6.05. The lowest BCUT2D eigenvalue weighted by atomic mass is 9.93. The van der Waals surface area contributed by atoms with Crippen LogP contribution in [0.4, 0.5) is 11.6 Å². The topological polar surface area (TPSA) is 83.7 Å². The number of nitrogens with two attached hydrogens (primary N) is 1. The first-order valence-corrected chi connectivity index (χ1v) is 9.28. The summed E-state index contributed by atoms with van der Waals surface area (Å²) in [5.41, 5.74) is 6.88. The molecule has 0 radical (unpaired) electrons. The monoisotopic (exact) mass is 342 g/mol. The number of aromatic amines is 1. The first-order valence-electron chi connectivity index (χ1n) is 8.47. The Hall–Kier alpha value is -2.15. The largest absolute Gasteiger partial charge is 0.382 e. The van der Waals surface area contributed by atoms with E-state index in [0.717, 1.165) is 54.5 Å². The summed E-state index contributed by atoms with van der Waals surface area (Å²) in [6.45, 7) is 6.15. The van der Waals surface area contributed by atoms with Gasteiger partial charge in [-0.2, -0.15) is 5.10 Å². The van der Waals surface area contributed by atoms with Crippen molar-refractivity contribution in [3.8, 4) is 0 Å². The van der Waals surface area contributed by atoms with Gasteiger partial charge in [0.2, 0.25) is 0 Å². The Labute approximate surface area is 145 Å². The molecule has 3 aromatic heterocycles. The number of rotatable bonds is 3. The zero-order chi connectivity index (χ0) is 16.7. The molecule has 0 aromatic carbocycles. The van der Waals surface area contributed by atoms with Gasteiger partial charge in [0.15, 0.2) is 0 Å². The number of nitrogens with one attached hydrogen (secondary N) is 1. The third-order valence-electron chi connectivity index (χ3n) is 4.74. The van der Waals surface area contributed by atoms with E-state index in [-0.39, 0.29) is 0 Å². The summed E-state index contributed by atoms with van der Waals surface area (Å²) < 4.78 is 0. The number of nitrogens with zero attached hydrogens (tertiary/aromatic N) is 4. The molecule has 0 bridgehead atoms. The average molecular weight is 342 g/mol. The number of hydrogen-bond acceptors (Lipinski definition) is 6. The minimum absolute atomic E-state index is 0.498. The zero-order valence-corrected chi connectivity index (χ0v) is 14.9. The lowest BCUT2D eigenvalue weighted by Gasteiger charge is -2.32. The van der Waals surface area contributed by atoms with Gasteiger partial charge < -0.3 is 10.6 Å². The van der Waals surface area contributed by atoms with Crippen LogP contribution in [-0.2, 0) is 6.42 Å². The molecule has 4 heterocycles. The number of piperidine rings is 1. The molecule has 3 aromatic rings. The fourth-order valence-corrected chi connectivity index (χ4v) is 4.45. The molecule has 7 heteroatoms. The molecule has 3 N–H and O–H groups in total. The van der Waals surface area contributed by atoms with Crippen molar-refractivity contribution in [3.63, 3.8) is 0 Å². The Bertz CT molecular complexity index is 859. The van der Waals surface area contributed by atoms with E-state index >= 15 is 0 Å². The molecule has 4 rings (SSSR count). The lowest BCUT2D eigenvalue weighted by Crippen LogP contribution is -2.33. The molecule has 126 valence electrons. The van der Waals surface area contributed by atoms with Gasteiger partial charge in [-0.3, -0.25) is 5.10 Å². The van der Waals surface area contributed by atoms with Crippen molar-refractivity contribution in [2.24, 2.45) is 0 Å². The van der Waals surface area contributed by atoms with E-state index in [1.165, 1.54) is 10.3 Å². The highest BCUT2D eigenvalue weighted by Crippen LogP contribution is 2.35. The fourth-order valence-electron chi connectivity index (χ4n) is 3.44. The fraction of sp³-hybridized carbons (Fsp3) is 0.471. The molecule has 0 aliphatic carbocycles. The number of aromatic nitrogens is 4. The number of hydrogen-bond donors (Lipinski definition) is 2. The molecule has 1 aliphatic rings. The molecule has 1 fully saturated rings. The van der Waals surface area contributed by atoms with Crippen molar-refractivity contribution in [1.82, 2.24) is 20.2 Å². The third kappa shape index (κ3) is 2.73. The van der Waals surface area contributed by atoms with E-state index in [0.29, 0.717) is 11.7 Å². The predicted octanol–water partition coefficient (Wildman–Crippen LogP) is 3.25. The van der Waals surface area contributed by atoms with Gasteiger partial charge >= 0.3 is 0 Å². The van der Waals surface area contributed by atoms with Gasteiger partial charge in [0.25, 0.3) is 0 Å². The molecule has 6 nitrogen and oxygen atoms in total. The van der Waals surface area contributed by atoms with E-state index in [1.807, 2.05) is 13.0 Å². The Morgan fingerprint density at radius 3 is 2.75 bits per heavy atom. The van der Waals surface area contributed by atoms with Gasteiger partial charge in [-0.1, -0.05) is 6.92 Å². The second-order valence-corrected chi connectivity index (χ2v) is 7.50. The summed E-state index contributed by atoms with van der Waals surface area (Å²) in [7, 11) is 0. The van der Waals surface area contributed by atoms with Crippen molar-refractivity contribution in [2.45, 2.75) is 39.0 Å². The molecule has 0 spiro atoms. The van der Waals surface area contributed by atoms with Crippen LogP contribution < -0.4 is 10.6 Å². The van der Waals surface area contributed by atoms with E-state index in [1.54, 1.807) is 11.3 Å². The summed E-state index contributed by atoms with van der Waals surface area (Å²) in [4.78, 5) is 14.3. The zero-order valence-electron chi connectivity index (χ0n) is 14.0. The van der Waals surface area contributed by atoms with Crippen LogP contribution in [0.2, 0.25) is 0 Å². The highest BCUT2D eigenvalue weighted by Gasteiger charge is 2.24. The van der Waals surface area contributed by atoms with Crippen LogP contribution in [0, 0.1) is 6.92 Å². The van der Waals surface area contributed by atoms with Crippen LogP contribution in [0.3, 0.4) is 0 Å². The Kier molecular flexibility index (Phi) is 3.88. The first-order chi connectivity index (χ1) is 11.6. The molecule has 1 aliphatic heterocycles. The highest BCUT2D eigenvalue weighted by molar-refractivity contribution is 7.18. The maximum atomic E-state index is 5.73. The van der Waals surface area contributed by atoms with E-state index in [2.05, 4.69) is 33.1 Å². The van der Waals surface area contributed by atoms with Crippen molar-refractivity contribution >= 4 is 33.2 Å². The molecule has 0 amide bonds. The average Bonchev–Trinajstić information content (AvgIpc) is 3.20. The number of fused-ring (bicyclic) bond motifs is 1. The van der Waals surface area contributed by atoms with Crippen LogP contribution in [0.1, 0.15) is 42.1 Å². The summed E-state index contributed by atoms with van der Waals surface area (Å²) in [5.74, 6) is 3.02. The van der Waals surface area contributed by atoms with Crippen LogP contribution in [0.25, 0.3) is 10.2 Å². The summed E-state index contributed by atoms with van der Waals surface area (Å²) in [5, 5.41) is 8.32. The second-order valence-electron chi connectivity index (χ2n) is 6.39. The minimum Gasteiger partial charge on any atom is -0.382 e. The van der Waals surface area contributed by atoms with Gasteiger partial charge in [-0.25, -0.2) is 9.97 Å². The minimum atomic E-state index is 0.498. The van der Waals surface area contributed by atoms with Gasteiger partial charge in [0.05, 0.1) is 5.39 Å². The van der Waals surface area contributed by atoms with Crippen molar-refractivity contribution < 1.29 is 0 Å². The molecule has 1 saturated heterocycles. The highest BCUT2D eigenvalue weighted by atomic mass is 32.1. The number of aryl methyl sites for hydroxylation is 2. The standard InChI is InChI=1S/C17H22N6S/c1-3-12-8-13-16(19-10(2)20-17(13)24-12)23-6-4-11(5-7-23)14-9-15(18)22-21-14/h8-9,11H,3-7H2,1-2H3,(H3,18,21,22). The summed E-state index contributed by atoms with van der Waals surface area (Å²) in [6, 6.07) is 4.22. The molecule has 24 heavy (non-hydrogen) atoms. The van der Waals surface area contributed by atoms with E-state index in [4.69, 9.17) is 10.7 Å². The Morgan fingerprint density at radius 2 is 2.08 bits per heavy atom. The van der Waals surface area contributed by atoms with Crippen molar-refractivity contribution in [2.75, 3.05) is 23.7 Å². The summed E-state index contributed by atoms with van der Waals surface area (Å²) >= 11 is 1.78. The van der Waals surface area contributed by atoms with E-state index in [9.17, 15) is 0 Å². The van der Waals surface area contributed by atoms with Gasteiger partial charge in [-0.15, -0.1) is 11.3 Å². The van der Waals surface area contributed by atoms with Crippen LogP contribution in [-0.4, -0.2) is 33.3 Å². The van der Waals surface area contributed by atoms with Gasteiger partial charge in [0.1, 0.15) is 22.3 Å². The lowest BCUT2D eigenvalue weighted by molar-refractivity contribution is 0.493. The normalized spacial score (nSPS) is 16.2. The molecule has 0 unspecified atom stereocenters. The van der Waals surface area contributed by atoms with Gasteiger partial charge in [-0.05, 0) is 32.3 Å². The third-order valence-corrected chi connectivity index (χ3v) is 5.91. The van der Waals surface area contributed by atoms with Gasteiger partial charge in [0, 0.05) is 35.6 Å². The predicted molar refractivity (Wildman–Crippen MR) is 98.7 cm³/mol. The number of nitrogen functional groups attached to an aromatic ring is 1. The van der Waals surface area contributed by atoms with Crippen LogP contribution >= 0.6 is 11.3 Å². The molecule has 0 saturated carbocycles. The molecule has 0 atom stereocenters. The SMILES string of the molecule is CCc1cc2c(N3CCC(c4cc(N)n[nH]4)CC3)nc(C)nc2s1. The van der Waals surface area contributed by atoms with Crippen molar-refractivity contribution in [3.05, 3.63) is 28.5 Å². The summed E-state index contributed by atoms with van der Waals surface area (Å²) in [6.07, 6.45) is 3.21. The first kappa shape index (κ1) is 15.4. The maximum Gasteiger partial charge on any atom is 0.145 e. The molecular formula is C17H22N6S.